The monoisotopic (exact) mass is 326 g/mol. The quantitative estimate of drug-likeness (QED) is 0.840. The molecule has 0 aliphatic rings. The van der Waals surface area contributed by atoms with E-state index >= 15 is 0 Å². The molecule has 2 rings (SSSR count). The molecule has 1 amide bonds. The third kappa shape index (κ3) is 3.88. The fourth-order valence-corrected chi connectivity index (χ4v) is 2.64. The van der Waals surface area contributed by atoms with Crippen molar-refractivity contribution in [3.05, 3.63) is 52.6 Å². The van der Waals surface area contributed by atoms with Crippen LogP contribution < -0.4 is 5.32 Å². The molecule has 1 atom stereocenters. The predicted molar refractivity (Wildman–Crippen MR) is 84.6 cm³/mol. The van der Waals surface area contributed by atoms with E-state index in [0.717, 1.165) is 5.03 Å². The Kier molecular flexibility index (Phi) is 5.29. The van der Waals surface area contributed by atoms with Gasteiger partial charge < -0.3 is 5.32 Å². The highest BCUT2D eigenvalue weighted by Gasteiger charge is 2.16. The summed E-state index contributed by atoms with van der Waals surface area (Å²) in [7, 11) is 0. The van der Waals surface area contributed by atoms with E-state index in [2.05, 4.69) is 10.3 Å². The number of anilines is 1. The molecule has 0 saturated carbocycles. The zero-order valence-electron chi connectivity index (χ0n) is 10.6. The highest BCUT2D eigenvalue weighted by Crippen LogP contribution is 2.30. The van der Waals surface area contributed by atoms with Gasteiger partial charge in [-0.2, -0.15) is 0 Å². The molecule has 1 heterocycles. The second kappa shape index (κ2) is 6.97. The van der Waals surface area contributed by atoms with Gasteiger partial charge in [-0.3, -0.25) is 4.79 Å². The molecule has 0 aliphatic heterocycles. The summed E-state index contributed by atoms with van der Waals surface area (Å²) in [4.78, 5) is 16.3. The third-order valence-corrected chi connectivity index (χ3v) is 4.38. The SMILES string of the molecule is C[C@@H](Sc1ccccn1)C(=O)Nc1cccc(Cl)c1Cl. The van der Waals surface area contributed by atoms with E-state index in [0.29, 0.717) is 15.7 Å². The fraction of sp³-hybridized carbons (Fsp3) is 0.143. The second-order valence-electron chi connectivity index (χ2n) is 4.02. The number of nitrogens with zero attached hydrogens (tertiary/aromatic N) is 1. The molecule has 0 aliphatic carbocycles. The fourth-order valence-electron chi connectivity index (χ4n) is 1.49. The Morgan fingerprint density at radius 1 is 1.25 bits per heavy atom. The van der Waals surface area contributed by atoms with E-state index < -0.39 is 0 Å². The smallest absolute Gasteiger partial charge is 0.237 e. The molecule has 0 spiro atoms. The zero-order valence-corrected chi connectivity index (χ0v) is 13.0. The summed E-state index contributed by atoms with van der Waals surface area (Å²) in [6.45, 7) is 1.81. The van der Waals surface area contributed by atoms with Crippen LogP contribution in [0.2, 0.25) is 10.0 Å². The number of hydrogen-bond donors (Lipinski definition) is 1. The van der Waals surface area contributed by atoms with Crippen LogP contribution >= 0.6 is 35.0 Å². The van der Waals surface area contributed by atoms with E-state index in [4.69, 9.17) is 23.2 Å². The molecule has 0 radical (unpaired) electrons. The molecule has 0 bridgehead atoms. The van der Waals surface area contributed by atoms with Gasteiger partial charge in [0.1, 0.15) is 0 Å². The summed E-state index contributed by atoms with van der Waals surface area (Å²) in [5.74, 6) is -0.148. The Morgan fingerprint density at radius 2 is 2.05 bits per heavy atom. The molecular weight excluding hydrogens is 315 g/mol. The lowest BCUT2D eigenvalue weighted by atomic mass is 10.3. The number of carbonyl (C=O) groups is 1. The highest BCUT2D eigenvalue weighted by atomic mass is 35.5. The Morgan fingerprint density at radius 3 is 2.75 bits per heavy atom. The molecule has 1 N–H and O–H groups in total. The first-order valence-electron chi connectivity index (χ1n) is 5.90. The number of aromatic nitrogens is 1. The number of pyridine rings is 1. The van der Waals surface area contributed by atoms with E-state index in [1.165, 1.54) is 11.8 Å². The minimum absolute atomic E-state index is 0.148. The lowest BCUT2D eigenvalue weighted by Gasteiger charge is -2.12. The van der Waals surface area contributed by atoms with E-state index in [1.54, 1.807) is 24.4 Å². The van der Waals surface area contributed by atoms with Crippen molar-refractivity contribution in [3.63, 3.8) is 0 Å². The normalized spacial score (nSPS) is 11.9. The molecular formula is C14H12Cl2N2OS. The van der Waals surface area contributed by atoms with Crippen LogP contribution in [0.25, 0.3) is 0 Å². The van der Waals surface area contributed by atoms with Crippen LogP contribution in [0.4, 0.5) is 5.69 Å². The molecule has 1 aromatic heterocycles. The van der Waals surface area contributed by atoms with Crippen LogP contribution in [-0.2, 0) is 4.79 Å². The number of hydrogen-bond acceptors (Lipinski definition) is 3. The Hall–Kier alpha value is -1.23. The van der Waals surface area contributed by atoms with Gasteiger partial charge in [0.15, 0.2) is 0 Å². The van der Waals surface area contributed by atoms with Crippen LogP contribution in [-0.4, -0.2) is 16.1 Å². The molecule has 20 heavy (non-hydrogen) atoms. The summed E-state index contributed by atoms with van der Waals surface area (Å²) in [5.41, 5.74) is 0.512. The number of benzene rings is 1. The summed E-state index contributed by atoms with van der Waals surface area (Å²) >= 11 is 13.3. The van der Waals surface area contributed by atoms with Crippen LogP contribution in [0.15, 0.2) is 47.6 Å². The minimum Gasteiger partial charge on any atom is -0.324 e. The average Bonchev–Trinajstić information content (AvgIpc) is 2.45. The van der Waals surface area contributed by atoms with E-state index in [9.17, 15) is 4.79 Å². The van der Waals surface area contributed by atoms with Crippen molar-refractivity contribution in [2.75, 3.05) is 5.32 Å². The van der Waals surface area contributed by atoms with Crippen molar-refractivity contribution in [2.24, 2.45) is 0 Å². The number of rotatable bonds is 4. The summed E-state index contributed by atoms with van der Waals surface area (Å²) in [6, 6.07) is 10.7. The standard InChI is InChI=1S/C14H12Cl2N2OS/c1-9(20-12-7-2-3-8-17-12)14(19)18-11-6-4-5-10(15)13(11)16/h2-9H,1H3,(H,18,19)/t9-/m1/s1. The molecule has 104 valence electrons. The molecule has 3 nitrogen and oxygen atoms in total. The number of nitrogens with one attached hydrogen (secondary N) is 1. The predicted octanol–water partition coefficient (Wildman–Crippen LogP) is 4.51. The second-order valence-corrected chi connectivity index (χ2v) is 6.16. The van der Waals surface area contributed by atoms with Gasteiger partial charge >= 0.3 is 0 Å². The maximum atomic E-state index is 12.1. The van der Waals surface area contributed by atoms with E-state index in [-0.39, 0.29) is 11.2 Å². The maximum Gasteiger partial charge on any atom is 0.237 e. The van der Waals surface area contributed by atoms with Crippen LogP contribution in [0.5, 0.6) is 0 Å². The average molecular weight is 327 g/mol. The molecule has 0 saturated heterocycles. The first-order chi connectivity index (χ1) is 9.58. The van der Waals surface area contributed by atoms with Gasteiger partial charge in [-0.15, -0.1) is 0 Å². The van der Waals surface area contributed by atoms with Gasteiger partial charge in [-0.05, 0) is 31.2 Å². The van der Waals surface area contributed by atoms with Gasteiger partial charge in [0.2, 0.25) is 5.91 Å². The molecule has 6 heteroatoms. The lowest BCUT2D eigenvalue weighted by Crippen LogP contribution is -2.22. The Bertz CT molecular complexity index is 607. The van der Waals surface area contributed by atoms with Gasteiger partial charge in [0.25, 0.3) is 0 Å². The van der Waals surface area contributed by atoms with Gasteiger partial charge in [0.05, 0.1) is 26.0 Å². The number of thioether (sulfide) groups is 1. The largest absolute Gasteiger partial charge is 0.324 e. The van der Waals surface area contributed by atoms with Crippen LogP contribution in [0.3, 0.4) is 0 Å². The minimum atomic E-state index is -0.292. The molecule has 0 fully saturated rings. The first-order valence-corrected chi connectivity index (χ1v) is 7.54. The highest BCUT2D eigenvalue weighted by molar-refractivity contribution is 8.00. The van der Waals surface area contributed by atoms with Crippen molar-refractivity contribution >= 4 is 46.6 Å². The van der Waals surface area contributed by atoms with Crippen molar-refractivity contribution < 1.29 is 4.79 Å². The van der Waals surface area contributed by atoms with Gasteiger partial charge in [-0.25, -0.2) is 4.98 Å². The topological polar surface area (TPSA) is 42.0 Å². The van der Waals surface area contributed by atoms with Crippen molar-refractivity contribution in [2.45, 2.75) is 17.2 Å². The molecule has 1 aromatic carbocycles. The summed E-state index contributed by atoms with van der Waals surface area (Å²) in [5, 5.41) is 4.03. The van der Waals surface area contributed by atoms with Gasteiger partial charge in [-0.1, -0.05) is 47.1 Å². The van der Waals surface area contributed by atoms with Gasteiger partial charge in [0, 0.05) is 6.20 Å². The summed E-state index contributed by atoms with van der Waals surface area (Å²) < 4.78 is 0. The van der Waals surface area contributed by atoms with E-state index in [1.807, 2.05) is 25.1 Å². The lowest BCUT2D eigenvalue weighted by molar-refractivity contribution is -0.115. The molecule has 2 aromatic rings. The van der Waals surface area contributed by atoms with Crippen molar-refractivity contribution in [1.29, 1.82) is 0 Å². The first kappa shape index (κ1) is 15.2. The van der Waals surface area contributed by atoms with Crippen molar-refractivity contribution in [3.8, 4) is 0 Å². The maximum absolute atomic E-state index is 12.1. The summed E-state index contributed by atoms with van der Waals surface area (Å²) in [6.07, 6.45) is 1.70. The Labute approximate surface area is 131 Å². The number of halogens is 2. The van der Waals surface area contributed by atoms with Crippen LogP contribution in [0.1, 0.15) is 6.92 Å². The number of amides is 1. The molecule has 0 unspecified atom stereocenters. The van der Waals surface area contributed by atoms with Crippen LogP contribution in [0, 0.1) is 0 Å². The zero-order chi connectivity index (χ0) is 14.5. The third-order valence-electron chi connectivity index (χ3n) is 2.51. The number of carbonyl (C=O) groups excluding carboxylic acids is 1. The Balaban J connectivity index is 2.03. The van der Waals surface area contributed by atoms with Crippen molar-refractivity contribution in [1.82, 2.24) is 4.98 Å².